The van der Waals surface area contributed by atoms with Gasteiger partial charge in [-0.15, -0.1) is 0 Å². The first-order valence-electron chi connectivity index (χ1n) is 11.6. The average Bonchev–Trinajstić information content (AvgIpc) is 2.90. The van der Waals surface area contributed by atoms with Crippen LogP contribution in [-0.4, -0.2) is 24.1 Å². The van der Waals surface area contributed by atoms with Gasteiger partial charge in [0.05, 0.1) is 23.0 Å². The molecule has 0 N–H and O–H groups in total. The van der Waals surface area contributed by atoms with E-state index in [-0.39, 0.29) is 5.92 Å². The molecule has 7 rings (SSSR count). The lowest BCUT2D eigenvalue weighted by atomic mass is 9.61. The van der Waals surface area contributed by atoms with Crippen LogP contribution in [0.4, 0.5) is 0 Å². The molecule has 0 saturated heterocycles. The van der Waals surface area contributed by atoms with E-state index in [1.54, 1.807) is 48.5 Å². The molecule has 6 heteroatoms. The van der Waals surface area contributed by atoms with E-state index in [2.05, 4.69) is 0 Å². The van der Waals surface area contributed by atoms with Crippen molar-refractivity contribution in [3.63, 3.8) is 0 Å². The van der Waals surface area contributed by atoms with Gasteiger partial charge in [-0.1, -0.05) is 71.7 Å². The van der Waals surface area contributed by atoms with Gasteiger partial charge in [-0.2, -0.15) is 0 Å². The second-order valence-corrected chi connectivity index (χ2v) is 9.85. The van der Waals surface area contributed by atoms with Crippen LogP contribution in [0.25, 0.3) is 0 Å². The first kappa shape index (κ1) is 22.8. The van der Waals surface area contributed by atoms with Crippen LogP contribution in [0.5, 0.6) is 0 Å². The van der Waals surface area contributed by atoms with E-state index in [1.165, 1.54) is 0 Å². The number of carbonyl (C=O) groups excluding carboxylic acids is 2. The number of hydrogen-bond donors (Lipinski definition) is 0. The number of carbonyl (C=O) groups is 2. The Bertz CT molecular complexity index is 1420. The first-order valence-corrected chi connectivity index (χ1v) is 12.4. The minimum atomic E-state index is -0.771. The van der Waals surface area contributed by atoms with Gasteiger partial charge in [0.15, 0.2) is 12.2 Å². The quantitative estimate of drug-likeness (QED) is 0.274. The van der Waals surface area contributed by atoms with Crippen molar-refractivity contribution in [3.8, 4) is 0 Å². The third-order valence-electron chi connectivity index (χ3n) is 6.92. The van der Waals surface area contributed by atoms with Crippen LogP contribution < -0.4 is 0 Å². The van der Waals surface area contributed by atoms with Gasteiger partial charge in [0, 0.05) is 10.0 Å². The Morgan fingerprint density at radius 1 is 0.528 bits per heavy atom. The van der Waals surface area contributed by atoms with Gasteiger partial charge >= 0.3 is 11.9 Å². The molecular formula is C30H20Cl2O4. The summed E-state index contributed by atoms with van der Waals surface area (Å²) in [6, 6.07) is 29.0. The minimum Gasteiger partial charge on any atom is -0.454 e. The summed E-state index contributed by atoms with van der Waals surface area (Å²) in [5.74, 6) is -1.71. The second kappa shape index (κ2) is 9.12. The number of halogens is 2. The van der Waals surface area contributed by atoms with Crippen LogP contribution in [0.15, 0.2) is 97.1 Å². The first-order chi connectivity index (χ1) is 17.5. The van der Waals surface area contributed by atoms with E-state index in [0.29, 0.717) is 21.2 Å². The molecule has 0 fully saturated rings. The van der Waals surface area contributed by atoms with E-state index in [1.807, 2.05) is 48.5 Å². The van der Waals surface area contributed by atoms with Crippen molar-refractivity contribution in [1.29, 1.82) is 0 Å². The maximum Gasteiger partial charge on any atom is 0.338 e. The van der Waals surface area contributed by atoms with Crippen molar-refractivity contribution < 1.29 is 19.1 Å². The van der Waals surface area contributed by atoms with E-state index in [9.17, 15) is 9.59 Å². The van der Waals surface area contributed by atoms with Crippen LogP contribution >= 0.6 is 23.2 Å². The highest BCUT2D eigenvalue weighted by molar-refractivity contribution is 6.31. The Hall–Kier alpha value is -3.60. The van der Waals surface area contributed by atoms with Crippen LogP contribution in [0.1, 0.15) is 54.8 Å². The molecule has 3 aliphatic rings. The van der Waals surface area contributed by atoms with E-state index >= 15 is 0 Å². The van der Waals surface area contributed by atoms with Gasteiger partial charge in [0.2, 0.25) is 0 Å². The Kier molecular flexibility index (Phi) is 5.79. The minimum absolute atomic E-state index is 0.351. The Morgan fingerprint density at radius 3 is 1.33 bits per heavy atom. The molecule has 4 aromatic rings. The van der Waals surface area contributed by atoms with Gasteiger partial charge in [0.1, 0.15) is 0 Å². The maximum absolute atomic E-state index is 13.2. The Labute approximate surface area is 218 Å². The molecule has 0 amide bonds. The summed E-state index contributed by atoms with van der Waals surface area (Å²) < 4.78 is 12.3. The fourth-order valence-corrected chi connectivity index (χ4v) is 5.78. The SMILES string of the molecule is O=C(OC1C(OC(=O)c2ccccc2)[C@H]2c3cc(Cl)ccc3[C@H]1c1ccc(Cl)cc12)c1ccccc1. The summed E-state index contributed by atoms with van der Waals surface area (Å²) >= 11 is 12.8. The number of fused-ring (bicyclic) bond motifs is 1. The molecule has 0 aliphatic heterocycles. The summed E-state index contributed by atoms with van der Waals surface area (Å²) in [6.07, 6.45) is -1.51. The van der Waals surface area contributed by atoms with Gasteiger partial charge in [-0.3, -0.25) is 0 Å². The number of esters is 2. The summed E-state index contributed by atoms with van der Waals surface area (Å²) in [5.41, 5.74) is 4.74. The summed E-state index contributed by atoms with van der Waals surface area (Å²) in [4.78, 5) is 26.5. The van der Waals surface area contributed by atoms with E-state index in [0.717, 1.165) is 22.3 Å². The highest BCUT2D eigenvalue weighted by atomic mass is 35.5. The normalized spacial score (nSPS) is 21.3. The van der Waals surface area contributed by atoms with Crippen molar-refractivity contribution in [2.24, 2.45) is 0 Å². The van der Waals surface area contributed by atoms with Crippen molar-refractivity contribution in [2.45, 2.75) is 24.0 Å². The van der Waals surface area contributed by atoms with Gasteiger partial charge < -0.3 is 9.47 Å². The third-order valence-corrected chi connectivity index (χ3v) is 7.39. The molecular weight excluding hydrogens is 495 g/mol. The number of ether oxygens (including phenoxy) is 2. The highest BCUT2D eigenvalue weighted by Crippen LogP contribution is 2.55. The van der Waals surface area contributed by atoms with Gasteiger partial charge in [0.25, 0.3) is 0 Å². The molecule has 0 aromatic heterocycles. The van der Waals surface area contributed by atoms with Crippen molar-refractivity contribution in [3.05, 3.63) is 140 Å². The lowest BCUT2D eigenvalue weighted by Crippen LogP contribution is -2.51. The summed E-state index contributed by atoms with van der Waals surface area (Å²) in [6.45, 7) is 0. The zero-order valence-electron chi connectivity index (χ0n) is 18.9. The predicted molar refractivity (Wildman–Crippen MR) is 138 cm³/mol. The number of benzene rings is 4. The zero-order chi connectivity index (χ0) is 24.8. The fraction of sp³-hybridized carbons (Fsp3) is 0.133. The monoisotopic (exact) mass is 514 g/mol. The summed E-state index contributed by atoms with van der Waals surface area (Å²) in [5, 5.41) is 1.16. The molecule has 2 unspecified atom stereocenters. The van der Waals surface area contributed by atoms with E-state index in [4.69, 9.17) is 32.7 Å². The van der Waals surface area contributed by atoms with Gasteiger partial charge in [-0.05, 0) is 70.8 Å². The average molecular weight is 515 g/mol. The molecule has 2 atom stereocenters. The van der Waals surface area contributed by atoms with Crippen molar-refractivity contribution >= 4 is 35.1 Å². The van der Waals surface area contributed by atoms with Gasteiger partial charge in [-0.25, -0.2) is 9.59 Å². The standard InChI is InChI=1S/C30H20Cl2O4/c31-19-11-13-21-23(15-19)26-24-16-20(32)12-14-22(24)25(21)27(35-29(33)17-7-3-1-4-8-17)28(26)36-30(34)18-9-5-2-6-10-18/h1-16,25-28H/t25-,26-,27?,28?. The molecule has 4 nitrogen and oxygen atoms in total. The largest absolute Gasteiger partial charge is 0.454 e. The molecule has 4 aromatic carbocycles. The van der Waals surface area contributed by atoms with Crippen molar-refractivity contribution in [2.75, 3.05) is 0 Å². The van der Waals surface area contributed by atoms with E-state index < -0.39 is 30.1 Å². The molecule has 0 saturated carbocycles. The molecule has 0 radical (unpaired) electrons. The fourth-order valence-electron chi connectivity index (χ4n) is 5.42. The molecule has 0 spiro atoms. The summed E-state index contributed by atoms with van der Waals surface area (Å²) in [7, 11) is 0. The number of rotatable bonds is 4. The molecule has 178 valence electrons. The topological polar surface area (TPSA) is 52.6 Å². The Balaban J connectivity index is 1.49. The number of hydrogen-bond acceptors (Lipinski definition) is 4. The third kappa shape index (κ3) is 3.87. The zero-order valence-corrected chi connectivity index (χ0v) is 20.4. The van der Waals surface area contributed by atoms with Crippen LogP contribution in [-0.2, 0) is 9.47 Å². The second-order valence-electron chi connectivity index (χ2n) is 8.97. The molecule has 2 bridgehead atoms. The smallest absolute Gasteiger partial charge is 0.338 e. The lowest BCUT2D eigenvalue weighted by molar-refractivity contribution is -0.0557. The Morgan fingerprint density at radius 2 is 0.917 bits per heavy atom. The molecule has 0 heterocycles. The van der Waals surface area contributed by atoms with Crippen LogP contribution in [0, 0.1) is 0 Å². The van der Waals surface area contributed by atoms with Crippen LogP contribution in [0.2, 0.25) is 10.0 Å². The molecule has 36 heavy (non-hydrogen) atoms. The lowest BCUT2D eigenvalue weighted by Gasteiger charge is -2.49. The maximum atomic E-state index is 13.2. The van der Waals surface area contributed by atoms with Crippen LogP contribution in [0.3, 0.4) is 0 Å². The highest BCUT2D eigenvalue weighted by Gasteiger charge is 2.54. The van der Waals surface area contributed by atoms with Crippen molar-refractivity contribution in [1.82, 2.24) is 0 Å². The predicted octanol–water partition coefficient (Wildman–Crippen LogP) is 7.04. The molecule has 3 aliphatic carbocycles.